The van der Waals surface area contributed by atoms with Crippen molar-refractivity contribution >= 4 is 17.7 Å². The number of halogens is 1. The highest BCUT2D eigenvalue weighted by molar-refractivity contribution is 6.29. The van der Waals surface area contributed by atoms with Crippen LogP contribution in [0.2, 0.25) is 5.15 Å². The summed E-state index contributed by atoms with van der Waals surface area (Å²) >= 11 is 5.86. The van der Waals surface area contributed by atoms with Crippen LogP contribution >= 0.6 is 11.6 Å². The molecule has 0 radical (unpaired) electrons. The Morgan fingerprint density at radius 2 is 1.61 bits per heavy atom. The lowest BCUT2D eigenvalue weighted by Crippen LogP contribution is -2.37. The molecule has 2 aromatic carbocycles. The van der Waals surface area contributed by atoms with E-state index in [1.807, 2.05) is 51.1 Å². The number of aromatic nitrogens is 1. The average molecular weight is 541 g/mol. The first-order valence-electron chi connectivity index (χ1n) is 12.7. The molecular weight excluding hydrogens is 504 g/mol. The van der Waals surface area contributed by atoms with E-state index in [1.54, 1.807) is 31.4 Å². The number of amides is 1. The molecule has 0 saturated carbocycles. The first-order valence-corrected chi connectivity index (χ1v) is 13.0. The van der Waals surface area contributed by atoms with Crippen LogP contribution in [0.25, 0.3) is 0 Å². The highest BCUT2D eigenvalue weighted by atomic mass is 35.5. The number of hydrogen-bond donors (Lipinski definition) is 0. The highest BCUT2D eigenvalue weighted by Crippen LogP contribution is 2.30. The molecule has 3 aromatic rings. The largest absolute Gasteiger partial charge is 0.496 e. The van der Waals surface area contributed by atoms with Crippen LogP contribution in [0.15, 0.2) is 54.7 Å². The van der Waals surface area contributed by atoms with Gasteiger partial charge in [-0.2, -0.15) is 0 Å². The van der Waals surface area contributed by atoms with Gasteiger partial charge >= 0.3 is 6.09 Å². The predicted molar refractivity (Wildman–Crippen MR) is 149 cm³/mol. The molecule has 0 N–H and O–H groups in total. The van der Waals surface area contributed by atoms with Crippen molar-refractivity contribution in [2.75, 3.05) is 20.8 Å². The fourth-order valence-electron chi connectivity index (χ4n) is 3.86. The van der Waals surface area contributed by atoms with Gasteiger partial charge in [0.15, 0.2) is 11.5 Å². The number of benzene rings is 2. The quantitative estimate of drug-likeness (QED) is 0.247. The second kappa shape index (κ2) is 13.4. The highest BCUT2D eigenvalue weighted by Gasteiger charge is 2.23. The Balaban J connectivity index is 1.75. The minimum Gasteiger partial charge on any atom is -0.496 e. The molecule has 0 unspecified atom stereocenters. The van der Waals surface area contributed by atoms with E-state index in [4.69, 9.17) is 30.5 Å². The lowest BCUT2D eigenvalue weighted by molar-refractivity contribution is 0.0235. The molecule has 8 heteroatoms. The summed E-state index contributed by atoms with van der Waals surface area (Å²) in [5.74, 6) is 2.04. The SMILES string of the molecule is CCc1ccc(CCN(Cc2ccc(OCc3ccc(Cl)nc3)c(OC)c2)C(=O)OC(C)(C)C)cc1OC. The van der Waals surface area contributed by atoms with Gasteiger partial charge in [-0.05, 0) is 74.6 Å². The molecule has 3 rings (SSSR count). The van der Waals surface area contributed by atoms with Crippen LogP contribution in [0.1, 0.15) is 49.9 Å². The number of ether oxygens (including phenoxy) is 4. The van der Waals surface area contributed by atoms with E-state index in [0.29, 0.717) is 42.8 Å². The number of aryl methyl sites for hydroxylation is 1. The molecule has 7 nitrogen and oxygen atoms in total. The van der Waals surface area contributed by atoms with Gasteiger partial charge in [-0.1, -0.05) is 42.8 Å². The zero-order valence-electron chi connectivity index (χ0n) is 23.0. The molecule has 0 aliphatic rings. The Morgan fingerprint density at radius 1 is 0.921 bits per heavy atom. The predicted octanol–water partition coefficient (Wildman–Crippen LogP) is 6.87. The van der Waals surface area contributed by atoms with Gasteiger partial charge in [0.05, 0.1) is 14.2 Å². The Bertz CT molecular complexity index is 1210. The van der Waals surface area contributed by atoms with E-state index in [0.717, 1.165) is 34.4 Å². The fourth-order valence-corrected chi connectivity index (χ4v) is 3.98. The Hall–Kier alpha value is -3.45. The van der Waals surface area contributed by atoms with Crippen LogP contribution in [0.3, 0.4) is 0 Å². The van der Waals surface area contributed by atoms with Crippen molar-refractivity contribution in [2.24, 2.45) is 0 Å². The molecule has 0 atom stereocenters. The van der Waals surface area contributed by atoms with Crippen molar-refractivity contribution < 1.29 is 23.7 Å². The Kier molecular flexibility index (Phi) is 10.2. The van der Waals surface area contributed by atoms with Crippen molar-refractivity contribution in [2.45, 2.75) is 59.3 Å². The molecule has 0 aliphatic heterocycles. The Morgan fingerprint density at radius 3 is 2.24 bits per heavy atom. The lowest BCUT2D eigenvalue weighted by Gasteiger charge is -2.28. The third-order valence-electron chi connectivity index (χ3n) is 5.84. The van der Waals surface area contributed by atoms with Gasteiger partial charge in [-0.3, -0.25) is 0 Å². The summed E-state index contributed by atoms with van der Waals surface area (Å²) in [6.45, 7) is 8.85. The zero-order chi connectivity index (χ0) is 27.7. The molecule has 38 heavy (non-hydrogen) atoms. The van der Waals surface area contributed by atoms with E-state index < -0.39 is 5.60 Å². The summed E-state index contributed by atoms with van der Waals surface area (Å²) in [7, 11) is 3.27. The molecule has 0 saturated heterocycles. The lowest BCUT2D eigenvalue weighted by atomic mass is 10.1. The normalized spacial score (nSPS) is 11.1. The summed E-state index contributed by atoms with van der Waals surface area (Å²) in [5.41, 5.74) is 3.42. The maximum atomic E-state index is 13.1. The number of pyridine rings is 1. The van der Waals surface area contributed by atoms with Gasteiger partial charge in [0, 0.05) is 24.8 Å². The van der Waals surface area contributed by atoms with Crippen LogP contribution in [-0.2, 0) is 30.7 Å². The molecule has 1 aromatic heterocycles. The number of hydrogen-bond acceptors (Lipinski definition) is 6. The third kappa shape index (κ3) is 8.55. The monoisotopic (exact) mass is 540 g/mol. The molecule has 0 fully saturated rings. The van der Waals surface area contributed by atoms with Crippen molar-refractivity contribution in [1.82, 2.24) is 9.88 Å². The maximum Gasteiger partial charge on any atom is 0.410 e. The zero-order valence-corrected chi connectivity index (χ0v) is 23.8. The van der Waals surface area contributed by atoms with Gasteiger partial charge < -0.3 is 23.8 Å². The first-order chi connectivity index (χ1) is 18.1. The van der Waals surface area contributed by atoms with E-state index in [2.05, 4.69) is 24.0 Å². The summed E-state index contributed by atoms with van der Waals surface area (Å²) < 4.78 is 22.8. The number of rotatable bonds is 11. The molecule has 1 amide bonds. The second-order valence-electron chi connectivity index (χ2n) is 9.91. The second-order valence-corrected chi connectivity index (χ2v) is 10.3. The van der Waals surface area contributed by atoms with Crippen LogP contribution in [0.4, 0.5) is 4.79 Å². The summed E-state index contributed by atoms with van der Waals surface area (Å²) in [6.07, 6.45) is 2.86. The topological polar surface area (TPSA) is 70.1 Å². The number of nitrogens with zero attached hydrogens (tertiary/aromatic N) is 2. The third-order valence-corrected chi connectivity index (χ3v) is 6.06. The number of methoxy groups -OCH3 is 2. The van der Waals surface area contributed by atoms with Gasteiger partial charge in [0.1, 0.15) is 23.1 Å². The van der Waals surface area contributed by atoms with Crippen molar-refractivity contribution in [3.8, 4) is 17.2 Å². The summed E-state index contributed by atoms with van der Waals surface area (Å²) in [4.78, 5) is 18.9. The van der Waals surface area contributed by atoms with E-state index >= 15 is 0 Å². The summed E-state index contributed by atoms with van der Waals surface area (Å²) in [6, 6.07) is 15.4. The fraction of sp³-hybridized carbons (Fsp3) is 0.400. The number of carbonyl (C=O) groups is 1. The maximum absolute atomic E-state index is 13.1. The van der Waals surface area contributed by atoms with Gasteiger partial charge in [0.2, 0.25) is 0 Å². The van der Waals surface area contributed by atoms with Gasteiger partial charge in [-0.15, -0.1) is 0 Å². The molecule has 204 valence electrons. The van der Waals surface area contributed by atoms with Crippen molar-refractivity contribution in [3.63, 3.8) is 0 Å². The van der Waals surface area contributed by atoms with Crippen LogP contribution in [0.5, 0.6) is 17.2 Å². The van der Waals surface area contributed by atoms with E-state index in [1.165, 1.54) is 0 Å². The molecule has 1 heterocycles. The van der Waals surface area contributed by atoms with Crippen molar-refractivity contribution in [3.05, 3.63) is 82.1 Å². The van der Waals surface area contributed by atoms with Gasteiger partial charge in [0.25, 0.3) is 0 Å². The Labute approximate surface area is 230 Å². The number of carbonyl (C=O) groups excluding carboxylic acids is 1. The molecule has 0 bridgehead atoms. The average Bonchev–Trinajstić information content (AvgIpc) is 2.89. The van der Waals surface area contributed by atoms with Crippen LogP contribution in [-0.4, -0.2) is 42.3 Å². The minimum absolute atomic E-state index is 0.324. The van der Waals surface area contributed by atoms with Crippen LogP contribution < -0.4 is 14.2 Å². The van der Waals surface area contributed by atoms with Crippen LogP contribution in [0, 0.1) is 0 Å². The minimum atomic E-state index is -0.604. The van der Waals surface area contributed by atoms with E-state index in [-0.39, 0.29) is 6.09 Å². The standard InChI is InChI=1S/C30H37ClN2O5/c1-7-24-11-8-21(16-26(24)35-5)14-15-33(29(34)38-30(2,3)4)19-22-9-12-25(27(17-22)36-6)37-20-23-10-13-28(31)32-18-23/h8-13,16-18H,7,14-15,19-20H2,1-6H3. The first kappa shape index (κ1) is 29.1. The smallest absolute Gasteiger partial charge is 0.410 e. The van der Waals surface area contributed by atoms with E-state index in [9.17, 15) is 4.79 Å². The molecule has 0 spiro atoms. The van der Waals surface area contributed by atoms with Crippen molar-refractivity contribution in [1.29, 1.82) is 0 Å². The summed E-state index contributed by atoms with van der Waals surface area (Å²) in [5, 5.41) is 0.433. The molecular formula is C30H37ClN2O5. The molecule has 0 aliphatic carbocycles. The van der Waals surface area contributed by atoms with Gasteiger partial charge in [-0.25, -0.2) is 9.78 Å².